The lowest BCUT2D eigenvalue weighted by molar-refractivity contribution is 0.0697. The van der Waals surface area contributed by atoms with Crippen LogP contribution in [-0.2, 0) is 0 Å². The van der Waals surface area contributed by atoms with Crippen molar-refractivity contribution in [3.05, 3.63) is 70.6 Å². The molecule has 22 heavy (non-hydrogen) atoms. The number of carboxylic acid groups (broad SMARTS) is 1. The number of aromatic carboxylic acids is 1. The van der Waals surface area contributed by atoms with E-state index in [2.05, 4.69) is 0 Å². The van der Waals surface area contributed by atoms with E-state index in [4.69, 9.17) is 21.0 Å². The van der Waals surface area contributed by atoms with E-state index in [0.29, 0.717) is 17.0 Å². The summed E-state index contributed by atoms with van der Waals surface area (Å²) in [5.74, 6) is -1.02. The first-order valence-electron chi connectivity index (χ1n) is 6.34. The monoisotopic (exact) mass is 298 g/mol. The number of nitrogen functional groups attached to an aromatic ring is 2. The Morgan fingerprint density at radius 1 is 0.955 bits per heavy atom. The lowest BCUT2D eigenvalue weighted by Crippen LogP contribution is -1.99. The van der Waals surface area contributed by atoms with Crippen LogP contribution < -0.4 is 17.1 Å². The number of anilines is 2. The van der Waals surface area contributed by atoms with Crippen LogP contribution in [0, 0.1) is 0 Å². The van der Waals surface area contributed by atoms with Crippen molar-refractivity contribution in [3.8, 4) is 0 Å². The summed E-state index contributed by atoms with van der Waals surface area (Å²) in [7, 11) is 0. The Kier molecular flexibility index (Phi) is 4.43. The second-order valence-corrected chi connectivity index (χ2v) is 4.49. The van der Waals surface area contributed by atoms with Gasteiger partial charge in [-0.3, -0.25) is 0 Å². The van der Waals surface area contributed by atoms with Gasteiger partial charge in [0.25, 0.3) is 0 Å². The van der Waals surface area contributed by atoms with Crippen LogP contribution in [0.4, 0.5) is 11.4 Å². The quantitative estimate of drug-likeness (QED) is 0.468. The molecule has 3 aromatic rings. The molecule has 0 fully saturated rings. The maximum Gasteiger partial charge on any atom is 0.336 e. The standard InChI is InChI=1S/C9H6O2.C7H8N2O2/c10-9-6-5-7-3-1-2-4-8(7)11-9;8-5-1-4(7(10)11)2-6(9)3-5/h1-6H;1-3H,8-9H2,(H,10,11). The summed E-state index contributed by atoms with van der Waals surface area (Å²) >= 11 is 0. The molecule has 0 spiro atoms. The summed E-state index contributed by atoms with van der Waals surface area (Å²) in [6.07, 6.45) is 0. The summed E-state index contributed by atoms with van der Waals surface area (Å²) in [6.45, 7) is 0. The Morgan fingerprint density at radius 3 is 2.23 bits per heavy atom. The molecule has 6 nitrogen and oxygen atoms in total. The van der Waals surface area contributed by atoms with E-state index in [1.54, 1.807) is 12.1 Å². The average Bonchev–Trinajstić information content (AvgIpc) is 2.46. The molecule has 0 amide bonds. The van der Waals surface area contributed by atoms with Crippen molar-refractivity contribution in [1.82, 2.24) is 0 Å². The number of fused-ring (bicyclic) bond motifs is 1. The molecule has 0 aliphatic carbocycles. The second kappa shape index (κ2) is 6.45. The SMILES string of the molecule is Nc1cc(N)cc(C(=O)O)c1.O=c1ccc2ccccc2o1. The number of benzene rings is 2. The minimum atomic E-state index is -1.02. The van der Waals surface area contributed by atoms with E-state index in [-0.39, 0.29) is 11.2 Å². The summed E-state index contributed by atoms with van der Waals surface area (Å²) in [5.41, 5.74) is 11.9. The molecular weight excluding hydrogens is 284 g/mol. The topological polar surface area (TPSA) is 120 Å². The van der Waals surface area contributed by atoms with Gasteiger partial charge in [-0.05, 0) is 30.3 Å². The van der Waals surface area contributed by atoms with Gasteiger partial charge in [-0.2, -0.15) is 0 Å². The van der Waals surface area contributed by atoms with E-state index in [1.165, 1.54) is 24.3 Å². The molecule has 5 N–H and O–H groups in total. The summed E-state index contributed by atoms with van der Waals surface area (Å²) in [5, 5.41) is 9.47. The lowest BCUT2D eigenvalue weighted by atomic mass is 10.2. The van der Waals surface area contributed by atoms with Crippen LogP contribution in [0.15, 0.2) is 63.8 Å². The third kappa shape index (κ3) is 3.86. The van der Waals surface area contributed by atoms with Crippen molar-refractivity contribution in [3.63, 3.8) is 0 Å². The minimum absolute atomic E-state index is 0.113. The van der Waals surface area contributed by atoms with Gasteiger partial charge in [-0.15, -0.1) is 0 Å². The number of para-hydroxylation sites is 1. The molecule has 0 saturated heterocycles. The van der Waals surface area contributed by atoms with Crippen LogP contribution in [0.2, 0.25) is 0 Å². The normalized spacial score (nSPS) is 9.82. The van der Waals surface area contributed by atoms with Crippen molar-refractivity contribution < 1.29 is 14.3 Å². The fourth-order valence-corrected chi connectivity index (χ4v) is 1.81. The van der Waals surface area contributed by atoms with Crippen molar-refractivity contribution in [2.45, 2.75) is 0 Å². The molecule has 112 valence electrons. The van der Waals surface area contributed by atoms with Crippen LogP contribution in [0.25, 0.3) is 11.0 Å². The zero-order valence-corrected chi connectivity index (χ0v) is 11.5. The van der Waals surface area contributed by atoms with Crippen molar-refractivity contribution >= 4 is 28.3 Å². The van der Waals surface area contributed by atoms with Crippen LogP contribution in [0.1, 0.15) is 10.4 Å². The maximum absolute atomic E-state index is 10.7. The molecule has 0 unspecified atom stereocenters. The fourth-order valence-electron chi connectivity index (χ4n) is 1.81. The Bertz CT molecular complexity index is 851. The molecular formula is C16H14N2O4. The molecule has 0 saturated carbocycles. The zero-order valence-electron chi connectivity index (χ0n) is 11.5. The number of hydrogen-bond donors (Lipinski definition) is 3. The Labute approximate surface area is 125 Å². The molecule has 0 radical (unpaired) electrons. The van der Waals surface area contributed by atoms with Gasteiger partial charge in [-0.25, -0.2) is 9.59 Å². The van der Waals surface area contributed by atoms with Crippen molar-refractivity contribution in [1.29, 1.82) is 0 Å². The first-order valence-corrected chi connectivity index (χ1v) is 6.34. The highest BCUT2D eigenvalue weighted by Gasteiger charge is 2.03. The predicted molar refractivity (Wildman–Crippen MR) is 84.7 cm³/mol. The highest BCUT2D eigenvalue weighted by atomic mass is 16.4. The number of nitrogens with two attached hydrogens (primary N) is 2. The second-order valence-electron chi connectivity index (χ2n) is 4.49. The van der Waals surface area contributed by atoms with E-state index in [0.717, 1.165) is 5.39 Å². The summed E-state index contributed by atoms with van der Waals surface area (Å²) < 4.78 is 4.91. The van der Waals surface area contributed by atoms with Gasteiger partial charge in [0.15, 0.2) is 0 Å². The van der Waals surface area contributed by atoms with Gasteiger partial charge in [0.1, 0.15) is 5.58 Å². The van der Waals surface area contributed by atoms with Crippen LogP contribution in [0.3, 0.4) is 0 Å². The Hall–Kier alpha value is -3.28. The van der Waals surface area contributed by atoms with Gasteiger partial charge >= 0.3 is 11.6 Å². The Morgan fingerprint density at radius 2 is 1.59 bits per heavy atom. The summed E-state index contributed by atoms with van der Waals surface area (Å²) in [4.78, 5) is 21.1. The molecule has 1 heterocycles. The minimum Gasteiger partial charge on any atom is -0.478 e. The van der Waals surface area contributed by atoms with E-state index in [9.17, 15) is 9.59 Å². The van der Waals surface area contributed by atoms with Gasteiger partial charge in [0.2, 0.25) is 0 Å². The van der Waals surface area contributed by atoms with Crippen LogP contribution in [0.5, 0.6) is 0 Å². The number of rotatable bonds is 1. The van der Waals surface area contributed by atoms with E-state index >= 15 is 0 Å². The first kappa shape index (κ1) is 15.1. The highest BCUT2D eigenvalue weighted by molar-refractivity contribution is 5.90. The molecule has 0 aliphatic rings. The lowest BCUT2D eigenvalue weighted by Gasteiger charge is -1.98. The van der Waals surface area contributed by atoms with Gasteiger partial charge in [0, 0.05) is 22.8 Å². The third-order valence-corrected chi connectivity index (χ3v) is 2.75. The molecule has 3 rings (SSSR count). The number of hydrogen-bond acceptors (Lipinski definition) is 5. The third-order valence-electron chi connectivity index (χ3n) is 2.75. The average molecular weight is 298 g/mol. The molecule has 1 aromatic heterocycles. The van der Waals surface area contributed by atoms with Gasteiger partial charge in [0.05, 0.1) is 5.56 Å². The van der Waals surface area contributed by atoms with Crippen LogP contribution in [-0.4, -0.2) is 11.1 Å². The summed E-state index contributed by atoms with van der Waals surface area (Å²) in [6, 6.07) is 14.8. The maximum atomic E-state index is 10.7. The smallest absolute Gasteiger partial charge is 0.336 e. The largest absolute Gasteiger partial charge is 0.478 e. The van der Waals surface area contributed by atoms with Crippen molar-refractivity contribution in [2.24, 2.45) is 0 Å². The molecule has 0 atom stereocenters. The molecule has 0 aliphatic heterocycles. The number of carboxylic acids is 1. The highest BCUT2D eigenvalue weighted by Crippen LogP contribution is 2.13. The van der Waals surface area contributed by atoms with Crippen LogP contribution >= 0.6 is 0 Å². The zero-order chi connectivity index (χ0) is 16.1. The fraction of sp³-hybridized carbons (Fsp3) is 0. The van der Waals surface area contributed by atoms with Gasteiger partial charge < -0.3 is 21.0 Å². The molecule has 0 bridgehead atoms. The number of carbonyl (C=O) groups is 1. The van der Waals surface area contributed by atoms with E-state index < -0.39 is 5.97 Å². The van der Waals surface area contributed by atoms with E-state index in [1.807, 2.05) is 18.2 Å². The molecule has 6 heteroatoms. The van der Waals surface area contributed by atoms with Crippen molar-refractivity contribution in [2.75, 3.05) is 11.5 Å². The first-order chi connectivity index (χ1) is 10.5. The predicted octanol–water partition coefficient (Wildman–Crippen LogP) is 2.34. The molecule has 2 aromatic carbocycles. The van der Waals surface area contributed by atoms with Gasteiger partial charge in [-0.1, -0.05) is 18.2 Å². The Balaban J connectivity index is 0.000000160.